The molecule has 1 atom stereocenters. The van der Waals surface area contributed by atoms with Crippen LogP contribution in [0.25, 0.3) is 0 Å². The average molecular weight is 393 g/mol. The van der Waals surface area contributed by atoms with Gasteiger partial charge in [-0.05, 0) is 43.0 Å². The smallest absolute Gasteiger partial charge is 0.257 e. The Morgan fingerprint density at radius 2 is 1.83 bits per heavy atom. The second kappa shape index (κ2) is 8.77. The number of benzene rings is 2. The Balaban J connectivity index is 1.51. The molecular weight excluding hydrogens is 366 g/mol. The Morgan fingerprint density at radius 1 is 1.10 bits per heavy atom. The zero-order chi connectivity index (χ0) is 20.9. The summed E-state index contributed by atoms with van der Waals surface area (Å²) < 4.78 is 0. The highest BCUT2D eigenvalue weighted by molar-refractivity contribution is 6.08. The molecule has 7 nitrogen and oxygen atoms in total. The zero-order valence-electron chi connectivity index (χ0n) is 16.6. The first-order chi connectivity index (χ1) is 13.9. The molecule has 1 unspecified atom stereocenters. The molecule has 0 saturated carbocycles. The minimum atomic E-state index is -1.19. The van der Waals surface area contributed by atoms with Crippen molar-refractivity contribution < 1.29 is 9.59 Å². The highest BCUT2D eigenvalue weighted by Crippen LogP contribution is 2.26. The van der Waals surface area contributed by atoms with E-state index in [0.717, 1.165) is 18.4 Å². The Bertz CT molecular complexity index is 912. The summed E-state index contributed by atoms with van der Waals surface area (Å²) in [6.07, 6.45) is 1.68. The second-order valence-corrected chi connectivity index (χ2v) is 7.50. The number of aryl methyl sites for hydroxylation is 1. The summed E-state index contributed by atoms with van der Waals surface area (Å²) in [7, 11) is 0. The van der Waals surface area contributed by atoms with Gasteiger partial charge >= 0.3 is 0 Å². The first kappa shape index (κ1) is 20.4. The van der Waals surface area contributed by atoms with Gasteiger partial charge in [0.05, 0.1) is 13.0 Å². The number of anilines is 1. The van der Waals surface area contributed by atoms with Gasteiger partial charge in [0.1, 0.15) is 5.54 Å². The van der Waals surface area contributed by atoms with Gasteiger partial charge in [-0.1, -0.05) is 42.5 Å². The molecule has 5 N–H and O–H groups in total. The molecule has 0 radical (unpaired) electrons. The summed E-state index contributed by atoms with van der Waals surface area (Å²) in [6.45, 7) is 2.46. The molecule has 0 aromatic heterocycles. The summed E-state index contributed by atoms with van der Waals surface area (Å²) >= 11 is 0. The van der Waals surface area contributed by atoms with Crippen LogP contribution in [0.3, 0.4) is 0 Å². The first-order valence-electron chi connectivity index (χ1n) is 9.70. The van der Waals surface area contributed by atoms with E-state index in [1.165, 1.54) is 10.5 Å². The number of nitrogen functional groups attached to an aromatic ring is 1. The van der Waals surface area contributed by atoms with Gasteiger partial charge < -0.3 is 16.8 Å². The molecule has 0 saturated heterocycles. The van der Waals surface area contributed by atoms with E-state index in [1.54, 1.807) is 19.1 Å². The summed E-state index contributed by atoms with van der Waals surface area (Å²) in [5.74, 6) is -0.370. The largest absolute Gasteiger partial charge is 0.399 e. The molecule has 1 aliphatic heterocycles. The quantitative estimate of drug-likeness (QED) is 0.469. The van der Waals surface area contributed by atoms with Crippen LogP contribution in [0.4, 0.5) is 5.69 Å². The maximum absolute atomic E-state index is 12.9. The Hall–Kier alpha value is -3.35. The average Bonchev–Trinajstić information content (AvgIpc) is 2.89. The SMILES string of the molecule is CC1(CC(=O)NCCCc2ccccc2)N=C(N)N(Cc2cccc(N)c2)C1=O. The van der Waals surface area contributed by atoms with E-state index in [2.05, 4.69) is 22.4 Å². The fourth-order valence-corrected chi connectivity index (χ4v) is 3.44. The predicted octanol–water partition coefficient (Wildman–Crippen LogP) is 1.82. The van der Waals surface area contributed by atoms with Gasteiger partial charge in [0.15, 0.2) is 5.96 Å². The molecule has 0 fully saturated rings. The molecule has 2 aromatic rings. The molecule has 152 valence electrons. The number of guanidine groups is 1. The lowest BCUT2D eigenvalue weighted by molar-refractivity contribution is -0.134. The Labute approximate surface area is 170 Å². The van der Waals surface area contributed by atoms with Crippen LogP contribution in [0.1, 0.15) is 30.9 Å². The number of amides is 2. The molecular formula is C22H27N5O2. The number of hydrogen-bond donors (Lipinski definition) is 3. The van der Waals surface area contributed by atoms with E-state index in [1.807, 2.05) is 30.3 Å². The number of carbonyl (C=O) groups excluding carboxylic acids is 2. The van der Waals surface area contributed by atoms with Crippen LogP contribution in [0.2, 0.25) is 0 Å². The third-order valence-electron chi connectivity index (χ3n) is 4.95. The number of rotatable bonds is 8. The molecule has 29 heavy (non-hydrogen) atoms. The zero-order valence-corrected chi connectivity index (χ0v) is 16.6. The first-order valence-corrected chi connectivity index (χ1v) is 9.70. The van der Waals surface area contributed by atoms with Crippen molar-refractivity contribution in [1.82, 2.24) is 10.2 Å². The lowest BCUT2D eigenvalue weighted by Gasteiger charge is -2.22. The molecule has 0 bridgehead atoms. The van der Waals surface area contributed by atoms with Crippen LogP contribution in [-0.4, -0.2) is 34.8 Å². The van der Waals surface area contributed by atoms with Gasteiger partial charge in [-0.15, -0.1) is 0 Å². The summed E-state index contributed by atoms with van der Waals surface area (Å²) in [5, 5.41) is 2.88. The van der Waals surface area contributed by atoms with Crippen molar-refractivity contribution in [2.45, 2.75) is 38.3 Å². The van der Waals surface area contributed by atoms with Gasteiger partial charge in [0, 0.05) is 12.2 Å². The van der Waals surface area contributed by atoms with Crippen LogP contribution >= 0.6 is 0 Å². The van der Waals surface area contributed by atoms with E-state index in [4.69, 9.17) is 11.5 Å². The van der Waals surface area contributed by atoms with E-state index in [0.29, 0.717) is 12.2 Å². The molecule has 2 amide bonds. The lowest BCUT2D eigenvalue weighted by atomic mass is 9.97. The van der Waals surface area contributed by atoms with Crippen molar-refractivity contribution >= 4 is 23.5 Å². The third kappa shape index (κ3) is 5.13. The maximum Gasteiger partial charge on any atom is 0.257 e. The van der Waals surface area contributed by atoms with Gasteiger partial charge in [0.2, 0.25) is 5.91 Å². The third-order valence-corrected chi connectivity index (χ3v) is 4.95. The topological polar surface area (TPSA) is 114 Å². The monoisotopic (exact) mass is 393 g/mol. The van der Waals surface area contributed by atoms with Crippen molar-refractivity contribution in [2.75, 3.05) is 12.3 Å². The second-order valence-electron chi connectivity index (χ2n) is 7.50. The molecule has 7 heteroatoms. The normalized spacial score (nSPS) is 18.6. The van der Waals surface area contributed by atoms with Crippen molar-refractivity contribution in [3.05, 3.63) is 65.7 Å². The maximum atomic E-state index is 12.9. The van der Waals surface area contributed by atoms with Crippen LogP contribution in [-0.2, 0) is 22.6 Å². The van der Waals surface area contributed by atoms with Crippen molar-refractivity contribution in [3.63, 3.8) is 0 Å². The number of aliphatic imine (C=N–C) groups is 1. The number of nitrogens with one attached hydrogen (secondary N) is 1. The van der Waals surface area contributed by atoms with Gasteiger partial charge in [0.25, 0.3) is 5.91 Å². The standard InChI is InChI=1S/C22H27N5O2/c1-22(14-19(28)25-12-6-10-16-7-3-2-4-8-16)20(29)27(21(24)26-22)15-17-9-5-11-18(23)13-17/h2-5,7-9,11,13H,6,10,12,14-15,23H2,1H3,(H2,24,26)(H,25,28). The number of hydrogen-bond acceptors (Lipinski definition) is 5. The fourth-order valence-electron chi connectivity index (χ4n) is 3.44. The molecule has 0 aliphatic carbocycles. The number of carbonyl (C=O) groups is 2. The number of nitrogens with zero attached hydrogens (tertiary/aromatic N) is 2. The van der Waals surface area contributed by atoms with Crippen molar-refractivity contribution in [1.29, 1.82) is 0 Å². The van der Waals surface area contributed by atoms with Crippen molar-refractivity contribution in [2.24, 2.45) is 10.7 Å². The molecule has 0 spiro atoms. The summed E-state index contributed by atoms with van der Waals surface area (Å²) in [4.78, 5) is 31.0. The minimum Gasteiger partial charge on any atom is -0.399 e. The van der Waals surface area contributed by atoms with Crippen LogP contribution in [0.5, 0.6) is 0 Å². The lowest BCUT2D eigenvalue weighted by Crippen LogP contribution is -2.44. The van der Waals surface area contributed by atoms with E-state index < -0.39 is 5.54 Å². The highest BCUT2D eigenvalue weighted by Gasteiger charge is 2.45. The van der Waals surface area contributed by atoms with Crippen molar-refractivity contribution in [3.8, 4) is 0 Å². The minimum absolute atomic E-state index is 0.0364. The van der Waals surface area contributed by atoms with Crippen LogP contribution in [0.15, 0.2) is 59.6 Å². The highest BCUT2D eigenvalue weighted by atomic mass is 16.2. The van der Waals surface area contributed by atoms with Gasteiger partial charge in [-0.3, -0.25) is 14.5 Å². The summed E-state index contributed by atoms with van der Waals surface area (Å²) in [6, 6.07) is 17.4. The van der Waals surface area contributed by atoms with Gasteiger partial charge in [-0.2, -0.15) is 0 Å². The molecule has 1 aliphatic rings. The Morgan fingerprint density at radius 3 is 2.55 bits per heavy atom. The predicted molar refractivity (Wildman–Crippen MR) is 114 cm³/mol. The van der Waals surface area contributed by atoms with Gasteiger partial charge in [-0.25, -0.2) is 4.99 Å². The van der Waals surface area contributed by atoms with E-state index >= 15 is 0 Å². The van der Waals surface area contributed by atoms with E-state index in [-0.39, 0.29) is 30.7 Å². The fraction of sp³-hybridized carbons (Fsp3) is 0.318. The van der Waals surface area contributed by atoms with E-state index in [9.17, 15) is 9.59 Å². The molecule has 1 heterocycles. The van der Waals surface area contributed by atoms with Crippen LogP contribution < -0.4 is 16.8 Å². The molecule has 3 rings (SSSR count). The van der Waals surface area contributed by atoms with Crippen LogP contribution in [0, 0.1) is 0 Å². The molecule has 2 aromatic carbocycles. The number of nitrogens with two attached hydrogens (primary N) is 2. The Kier molecular flexibility index (Phi) is 6.16. The summed E-state index contributed by atoms with van der Waals surface area (Å²) in [5.41, 5.74) is 13.3.